The number of hydrogen-bond acceptors (Lipinski definition) is 7. The quantitative estimate of drug-likeness (QED) is 0.699. The predicted molar refractivity (Wildman–Crippen MR) is 98.3 cm³/mol. The lowest BCUT2D eigenvalue weighted by Gasteiger charge is -2.17. The maximum atomic E-state index is 12.2. The molecule has 1 aromatic heterocycles. The van der Waals surface area contributed by atoms with Gasteiger partial charge in [-0.15, -0.1) is 11.3 Å². The van der Waals surface area contributed by atoms with Crippen LogP contribution in [0.25, 0.3) is 0 Å². The molecule has 27 heavy (non-hydrogen) atoms. The molecule has 0 fully saturated rings. The van der Waals surface area contributed by atoms with E-state index in [0.29, 0.717) is 11.3 Å². The molecule has 1 heterocycles. The van der Waals surface area contributed by atoms with E-state index in [2.05, 4.69) is 5.32 Å². The lowest BCUT2D eigenvalue weighted by molar-refractivity contribution is -0.159. The van der Waals surface area contributed by atoms with Crippen LogP contribution in [0, 0.1) is 11.3 Å². The molecule has 3 N–H and O–H groups in total. The van der Waals surface area contributed by atoms with Crippen LogP contribution in [0.1, 0.15) is 29.8 Å². The molecule has 2 unspecified atom stereocenters. The summed E-state index contributed by atoms with van der Waals surface area (Å²) < 4.78 is 10.5. The lowest BCUT2D eigenvalue weighted by atomic mass is 10.2. The average Bonchev–Trinajstić information content (AvgIpc) is 3.10. The number of thiophene rings is 1. The molecule has 8 nitrogen and oxygen atoms in total. The molecule has 0 aliphatic rings. The van der Waals surface area contributed by atoms with Gasteiger partial charge in [-0.1, -0.05) is 0 Å². The van der Waals surface area contributed by atoms with Crippen LogP contribution in [0.3, 0.4) is 0 Å². The zero-order valence-electron chi connectivity index (χ0n) is 14.6. The minimum absolute atomic E-state index is 0.185. The summed E-state index contributed by atoms with van der Waals surface area (Å²) in [6.07, 6.45) is -2.07. The molecule has 0 bridgehead atoms. The molecule has 2 atom stereocenters. The summed E-state index contributed by atoms with van der Waals surface area (Å²) in [4.78, 5) is 35.6. The Kier molecular flexibility index (Phi) is 6.51. The molecule has 0 spiro atoms. The van der Waals surface area contributed by atoms with Crippen molar-refractivity contribution in [2.24, 2.45) is 5.73 Å². The molecule has 2 rings (SSSR count). The van der Waals surface area contributed by atoms with E-state index < -0.39 is 30.0 Å². The van der Waals surface area contributed by atoms with E-state index in [-0.39, 0.29) is 10.6 Å². The Morgan fingerprint density at radius 2 is 1.81 bits per heavy atom. The molecule has 1 aromatic carbocycles. The summed E-state index contributed by atoms with van der Waals surface area (Å²) in [6.45, 7) is 2.88. The zero-order chi connectivity index (χ0) is 20.0. The van der Waals surface area contributed by atoms with E-state index >= 15 is 0 Å². The Morgan fingerprint density at radius 3 is 2.41 bits per heavy atom. The van der Waals surface area contributed by atoms with Gasteiger partial charge in [0.1, 0.15) is 10.8 Å². The first-order valence-electron chi connectivity index (χ1n) is 7.87. The van der Waals surface area contributed by atoms with E-state index in [1.54, 1.807) is 29.6 Å². The van der Waals surface area contributed by atoms with Gasteiger partial charge in [-0.05, 0) is 49.6 Å². The fraction of sp³-hybridized carbons (Fsp3) is 0.222. The van der Waals surface area contributed by atoms with E-state index in [9.17, 15) is 14.4 Å². The highest BCUT2D eigenvalue weighted by molar-refractivity contribution is 7.14. The second kappa shape index (κ2) is 8.82. The fourth-order valence-electron chi connectivity index (χ4n) is 2.00. The molecule has 0 saturated heterocycles. The van der Waals surface area contributed by atoms with Crippen LogP contribution in [-0.4, -0.2) is 30.0 Å². The number of nitriles is 1. The standard InChI is InChI=1S/C18H17N3O5S/c1-10(16(23)21-17-14(15(20)22)7-8-27-17)26-18(24)11(2)25-13-5-3-12(9-19)4-6-13/h3-8,10-11H,1-2H3,(H2,20,22)(H,21,23). The van der Waals surface area contributed by atoms with E-state index in [1.165, 1.54) is 19.9 Å². The van der Waals surface area contributed by atoms with Gasteiger partial charge >= 0.3 is 5.97 Å². The second-order valence-corrected chi connectivity index (χ2v) is 6.41. The Morgan fingerprint density at radius 1 is 1.15 bits per heavy atom. The van der Waals surface area contributed by atoms with Crippen LogP contribution in [0.15, 0.2) is 35.7 Å². The van der Waals surface area contributed by atoms with Crippen molar-refractivity contribution in [3.05, 3.63) is 46.8 Å². The summed E-state index contributed by atoms with van der Waals surface area (Å²) >= 11 is 1.13. The highest BCUT2D eigenvalue weighted by Gasteiger charge is 2.24. The molecule has 2 amide bonds. The Hall–Kier alpha value is -3.38. The van der Waals surface area contributed by atoms with E-state index in [0.717, 1.165) is 11.3 Å². The lowest BCUT2D eigenvalue weighted by Crippen LogP contribution is -2.35. The minimum Gasteiger partial charge on any atom is -0.479 e. The van der Waals surface area contributed by atoms with Gasteiger partial charge in [-0.3, -0.25) is 9.59 Å². The third-order valence-electron chi connectivity index (χ3n) is 3.46. The van der Waals surface area contributed by atoms with Crippen LogP contribution in [0.2, 0.25) is 0 Å². The number of amides is 2. The fourth-order valence-corrected chi connectivity index (χ4v) is 2.79. The van der Waals surface area contributed by atoms with Crippen molar-refractivity contribution in [2.45, 2.75) is 26.1 Å². The Labute approximate surface area is 159 Å². The third kappa shape index (κ3) is 5.29. The van der Waals surface area contributed by atoms with Gasteiger partial charge in [0.05, 0.1) is 17.2 Å². The average molecular weight is 387 g/mol. The summed E-state index contributed by atoms with van der Waals surface area (Å²) in [7, 11) is 0. The van der Waals surface area contributed by atoms with Crippen LogP contribution in [-0.2, 0) is 14.3 Å². The van der Waals surface area contributed by atoms with Crippen LogP contribution in [0.4, 0.5) is 5.00 Å². The minimum atomic E-state index is -1.10. The predicted octanol–water partition coefficient (Wildman–Crippen LogP) is 2.06. The summed E-state index contributed by atoms with van der Waals surface area (Å²) in [5.74, 6) is -1.61. The van der Waals surface area contributed by atoms with E-state index in [4.69, 9.17) is 20.5 Å². The van der Waals surface area contributed by atoms with Crippen molar-refractivity contribution in [1.29, 1.82) is 5.26 Å². The van der Waals surface area contributed by atoms with Crippen LogP contribution < -0.4 is 15.8 Å². The highest BCUT2D eigenvalue weighted by Crippen LogP contribution is 2.23. The van der Waals surface area contributed by atoms with Gasteiger partial charge in [0.2, 0.25) is 0 Å². The molecule has 0 radical (unpaired) electrons. The van der Waals surface area contributed by atoms with Crippen molar-refractivity contribution >= 4 is 34.1 Å². The number of carbonyl (C=O) groups excluding carboxylic acids is 3. The summed E-state index contributed by atoms with van der Waals surface area (Å²) in [6, 6.07) is 9.70. The number of hydrogen-bond donors (Lipinski definition) is 2. The molecule has 9 heteroatoms. The molecular weight excluding hydrogens is 370 g/mol. The second-order valence-electron chi connectivity index (χ2n) is 5.49. The van der Waals surface area contributed by atoms with E-state index in [1.807, 2.05) is 6.07 Å². The maximum Gasteiger partial charge on any atom is 0.347 e. The number of benzene rings is 1. The van der Waals surface area contributed by atoms with Gasteiger partial charge in [0, 0.05) is 0 Å². The van der Waals surface area contributed by atoms with Crippen molar-refractivity contribution in [2.75, 3.05) is 5.32 Å². The number of nitrogens with two attached hydrogens (primary N) is 1. The largest absolute Gasteiger partial charge is 0.479 e. The van der Waals surface area contributed by atoms with Crippen LogP contribution >= 0.6 is 11.3 Å². The SMILES string of the molecule is CC(OC(=O)C(C)Oc1ccc(C#N)cc1)C(=O)Nc1sccc1C(N)=O. The van der Waals surface area contributed by atoms with Gasteiger partial charge in [-0.25, -0.2) is 4.79 Å². The normalized spacial score (nSPS) is 12.3. The first-order valence-corrected chi connectivity index (χ1v) is 8.75. The molecule has 0 aliphatic carbocycles. The van der Waals surface area contributed by atoms with Crippen molar-refractivity contribution < 1.29 is 23.9 Å². The highest BCUT2D eigenvalue weighted by atomic mass is 32.1. The first kappa shape index (κ1) is 19.9. The first-order chi connectivity index (χ1) is 12.8. The van der Waals surface area contributed by atoms with Crippen molar-refractivity contribution in [3.63, 3.8) is 0 Å². The van der Waals surface area contributed by atoms with Crippen molar-refractivity contribution in [1.82, 2.24) is 0 Å². The molecule has 140 valence electrons. The number of nitrogens with zero attached hydrogens (tertiary/aromatic N) is 1. The molecule has 2 aromatic rings. The number of ether oxygens (including phenoxy) is 2. The van der Waals surface area contributed by atoms with Gasteiger partial charge in [0.15, 0.2) is 12.2 Å². The molecule has 0 saturated carbocycles. The van der Waals surface area contributed by atoms with Crippen LogP contribution in [0.5, 0.6) is 5.75 Å². The number of anilines is 1. The number of rotatable bonds is 7. The smallest absolute Gasteiger partial charge is 0.347 e. The van der Waals surface area contributed by atoms with Gasteiger partial charge < -0.3 is 20.5 Å². The third-order valence-corrected chi connectivity index (χ3v) is 4.29. The number of carbonyl (C=O) groups is 3. The van der Waals surface area contributed by atoms with Gasteiger partial charge in [0.25, 0.3) is 11.8 Å². The maximum absolute atomic E-state index is 12.2. The monoisotopic (exact) mass is 387 g/mol. The molecule has 0 aliphatic heterocycles. The Bertz CT molecular complexity index is 885. The summed E-state index contributed by atoms with van der Waals surface area (Å²) in [5, 5.41) is 13.2. The zero-order valence-corrected chi connectivity index (χ0v) is 15.4. The number of nitrogens with one attached hydrogen (secondary N) is 1. The Balaban J connectivity index is 1.91. The number of esters is 1. The molecular formula is C18H17N3O5S. The summed E-state index contributed by atoms with van der Waals surface area (Å²) in [5.41, 5.74) is 5.87. The topological polar surface area (TPSA) is 132 Å². The van der Waals surface area contributed by atoms with Crippen molar-refractivity contribution in [3.8, 4) is 11.8 Å². The van der Waals surface area contributed by atoms with Gasteiger partial charge in [-0.2, -0.15) is 5.26 Å². The number of primary amides is 1.